The summed E-state index contributed by atoms with van der Waals surface area (Å²) in [6.07, 6.45) is 2.64. The molecule has 2 saturated heterocycles. The van der Waals surface area contributed by atoms with Gasteiger partial charge in [-0.3, -0.25) is 10.1 Å². The lowest BCUT2D eigenvalue weighted by molar-refractivity contribution is -0.125. The lowest BCUT2D eigenvalue weighted by Gasteiger charge is -2.39. The van der Waals surface area contributed by atoms with Gasteiger partial charge in [-0.2, -0.15) is 0 Å². The summed E-state index contributed by atoms with van der Waals surface area (Å²) in [6.45, 7) is 2.38. The van der Waals surface area contributed by atoms with E-state index in [0.29, 0.717) is 23.7 Å². The maximum Gasteiger partial charge on any atom is 0.224 e. The second kappa shape index (κ2) is 7.30. The van der Waals surface area contributed by atoms with Gasteiger partial charge in [0.25, 0.3) is 0 Å². The molecule has 0 saturated carbocycles. The van der Waals surface area contributed by atoms with Gasteiger partial charge in [0, 0.05) is 43.7 Å². The molecule has 1 amide bonds. The van der Waals surface area contributed by atoms with Crippen molar-refractivity contribution in [1.29, 1.82) is 0 Å². The molecular formula is C15H22N4O2S. The number of carbonyl (C=O) groups is 1. The van der Waals surface area contributed by atoms with Gasteiger partial charge in [-0.15, -0.1) is 11.8 Å². The van der Waals surface area contributed by atoms with Crippen molar-refractivity contribution in [2.24, 2.45) is 11.8 Å². The predicted octanol–water partition coefficient (Wildman–Crippen LogP) is 0.552. The van der Waals surface area contributed by atoms with Crippen LogP contribution in [0.1, 0.15) is 12.0 Å². The monoisotopic (exact) mass is 322 g/mol. The van der Waals surface area contributed by atoms with E-state index in [-0.39, 0.29) is 11.8 Å². The molecule has 3 unspecified atom stereocenters. The zero-order valence-electron chi connectivity index (χ0n) is 12.7. The van der Waals surface area contributed by atoms with E-state index in [2.05, 4.69) is 20.9 Å². The maximum atomic E-state index is 12.4. The van der Waals surface area contributed by atoms with Gasteiger partial charge in [-0.1, -0.05) is 0 Å². The van der Waals surface area contributed by atoms with Crippen LogP contribution in [0, 0.1) is 11.8 Å². The smallest absolute Gasteiger partial charge is 0.224 e. The number of fused-ring (bicyclic) bond motifs is 1. The van der Waals surface area contributed by atoms with Gasteiger partial charge in [-0.25, -0.2) is 4.98 Å². The van der Waals surface area contributed by atoms with Crippen molar-refractivity contribution in [2.75, 3.05) is 26.1 Å². The fraction of sp³-hybridized carbons (Fsp3) is 0.600. The van der Waals surface area contributed by atoms with Gasteiger partial charge in [0.05, 0.1) is 12.5 Å². The molecule has 6 nitrogen and oxygen atoms in total. The highest BCUT2D eigenvalue weighted by atomic mass is 32.2. The Balaban J connectivity index is 1.51. The molecule has 2 aliphatic heterocycles. The Morgan fingerprint density at radius 3 is 3.36 bits per heavy atom. The van der Waals surface area contributed by atoms with E-state index >= 15 is 0 Å². The molecule has 3 rings (SSSR count). The largest absolute Gasteiger partial charge is 0.481 e. The number of pyridine rings is 1. The Hall–Kier alpha value is -1.31. The van der Waals surface area contributed by atoms with Crippen LogP contribution in [-0.4, -0.2) is 42.3 Å². The molecule has 2 aliphatic rings. The van der Waals surface area contributed by atoms with Crippen LogP contribution in [0.5, 0.6) is 5.88 Å². The highest BCUT2D eigenvalue weighted by Crippen LogP contribution is 2.33. The van der Waals surface area contributed by atoms with Crippen molar-refractivity contribution in [1.82, 2.24) is 20.9 Å². The number of carbonyl (C=O) groups excluding carboxylic acids is 1. The zero-order valence-corrected chi connectivity index (χ0v) is 13.5. The molecule has 0 aliphatic carbocycles. The van der Waals surface area contributed by atoms with Crippen LogP contribution in [-0.2, 0) is 11.3 Å². The molecule has 1 aromatic heterocycles. The van der Waals surface area contributed by atoms with Crippen LogP contribution in [0.25, 0.3) is 0 Å². The summed E-state index contributed by atoms with van der Waals surface area (Å²) >= 11 is 1.87. The number of amides is 1. The van der Waals surface area contributed by atoms with Crippen LogP contribution >= 0.6 is 11.8 Å². The number of nitrogens with zero attached hydrogens (tertiary/aromatic N) is 1. The molecule has 1 aromatic rings. The van der Waals surface area contributed by atoms with E-state index in [1.54, 1.807) is 13.3 Å². The Bertz CT molecular complexity index is 528. The number of rotatable bonds is 4. The average Bonchev–Trinajstić information content (AvgIpc) is 2.59. The van der Waals surface area contributed by atoms with Crippen LogP contribution < -0.4 is 20.7 Å². The van der Waals surface area contributed by atoms with Crippen LogP contribution in [0.15, 0.2) is 18.3 Å². The highest BCUT2D eigenvalue weighted by Gasteiger charge is 2.35. The van der Waals surface area contributed by atoms with Crippen molar-refractivity contribution >= 4 is 17.7 Å². The fourth-order valence-electron chi connectivity index (χ4n) is 2.95. The third-order valence-electron chi connectivity index (χ3n) is 4.17. The van der Waals surface area contributed by atoms with Crippen LogP contribution in [0.3, 0.4) is 0 Å². The summed E-state index contributed by atoms with van der Waals surface area (Å²) in [5, 5.41) is 10.3. The van der Waals surface area contributed by atoms with Gasteiger partial charge in [-0.05, 0) is 24.0 Å². The molecular weight excluding hydrogens is 300 g/mol. The van der Waals surface area contributed by atoms with Crippen molar-refractivity contribution < 1.29 is 9.53 Å². The summed E-state index contributed by atoms with van der Waals surface area (Å²) in [6, 6.07) is 3.74. The lowest BCUT2D eigenvalue weighted by atomic mass is 9.93. The number of hydrogen-bond acceptors (Lipinski definition) is 6. The van der Waals surface area contributed by atoms with Crippen molar-refractivity contribution in [3.63, 3.8) is 0 Å². The third-order valence-corrected chi connectivity index (χ3v) is 5.68. The molecule has 0 radical (unpaired) electrons. The van der Waals surface area contributed by atoms with E-state index < -0.39 is 0 Å². The maximum absolute atomic E-state index is 12.4. The molecule has 22 heavy (non-hydrogen) atoms. The summed E-state index contributed by atoms with van der Waals surface area (Å²) in [4.78, 5) is 16.5. The first-order valence-electron chi connectivity index (χ1n) is 7.58. The third kappa shape index (κ3) is 3.71. The summed E-state index contributed by atoms with van der Waals surface area (Å²) in [5.74, 6) is 2.23. The number of methoxy groups -OCH3 is 1. The second-order valence-corrected chi connectivity index (χ2v) is 6.88. The molecule has 3 heterocycles. The van der Waals surface area contributed by atoms with Gasteiger partial charge in [0.1, 0.15) is 0 Å². The van der Waals surface area contributed by atoms with Gasteiger partial charge in [0.15, 0.2) is 0 Å². The van der Waals surface area contributed by atoms with Gasteiger partial charge >= 0.3 is 0 Å². The number of thioether (sulfide) groups is 1. The molecule has 120 valence electrons. The molecule has 3 N–H and O–H groups in total. The highest BCUT2D eigenvalue weighted by molar-refractivity contribution is 7.99. The number of nitrogens with one attached hydrogen (secondary N) is 3. The minimum Gasteiger partial charge on any atom is -0.481 e. The van der Waals surface area contributed by atoms with Crippen molar-refractivity contribution in [3.05, 3.63) is 23.9 Å². The minimum absolute atomic E-state index is 0.0942. The molecule has 0 bridgehead atoms. The molecule has 2 fully saturated rings. The Morgan fingerprint density at radius 2 is 2.50 bits per heavy atom. The number of aromatic nitrogens is 1. The molecule has 0 spiro atoms. The lowest BCUT2D eigenvalue weighted by Crippen LogP contribution is -2.53. The average molecular weight is 322 g/mol. The van der Waals surface area contributed by atoms with E-state index in [0.717, 1.165) is 31.0 Å². The molecule has 7 heteroatoms. The van der Waals surface area contributed by atoms with Gasteiger partial charge in [0.2, 0.25) is 11.8 Å². The first kappa shape index (κ1) is 15.6. The summed E-state index contributed by atoms with van der Waals surface area (Å²) in [7, 11) is 1.59. The minimum atomic E-state index is 0.0942. The number of hydrogen-bond donors (Lipinski definition) is 3. The first-order chi connectivity index (χ1) is 10.8. The van der Waals surface area contributed by atoms with Crippen molar-refractivity contribution in [2.45, 2.75) is 18.3 Å². The topological polar surface area (TPSA) is 75.3 Å². The predicted molar refractivity (Wildman–Crippen MR) is 86.5 cm³/mol. The summed E-state index contributed by atoms with van der Waals surface area (Å²) in [5.41, 5.74) is 1.00. The van der Waals surface area contributed by atoms with E-state index in [1.165, 1.54) is 0 Å². The molecule has 0 aromatic carbocycles. The SMILES string of the molecule is COc1cc(CNC(=O)C2CSC3NCNCC3C2)ccn1. The number of ether oxygens (including phenoxy) is 1. The zero-order chi connectivity index (χ0) is 15.4. The fourth-order valence-corrected chi connectivity index (χ4v) is 4.36. The van der Waals surface area contributed by atoms with E-state index in [1.807, 2.05) is 23.9 Å². The van der Waals surface area contributed by atoms with Gasteiger partial charge < -0.3 is 15.4 Å². The second-order valence-electron chi connectivity index (χ2n) is 5.71. The quantitative estimate of drug-likeness (QED) is 0.752. The summed E-state index contributed by atoms with van der Waals surface area (Å²) < 4.78 is 5.10. The Kier molecular flexibility index (Phi) is 5.17. The van der Waals surface area contributed by atoms with E-state index in [4.69, 9.17) is 4.74 Å². The van der Waals surface area contributed by atoms with Crippen LogP contribution in [0.4, 0.5) is 0 Å². The standard InChI is InChI=1S/C15H22N4O2S/c1-21-13-4-10(2-3-17-13)6-18-14(20)12-5-11-7-16-9-19-15(11)22-8-12/h2-4,11-12,15-16,19H,5-9H2,1H3,(H,18,20). The van der Waals surface area contributed by atoms with Crippen molar-refractivity contribution in [3.8, 4) is 5.88 Å². The van der Waals surface area contributed by atoms with E-state index in [9.17, 15) is 4.79 Å². The Labute approximate surface area is 134 Å². The Morgan fingerprint density at radius 1 is 1.59 bits per heavy atom. The normalized spacial score (nSPS) is 27.8. The van der Waals surface area contributed by atoms with Crippen LogP contribution in [0.2, 0.25) is 0 Å². The first-order valence-corrected chi connectivity index (χ1v) is 8.63. The molecule has 3 atom stereocenters.